The Morgan fingerprint density at radius 1 is 1.12 bits per heavy atom. The van der Waals surface area contributed by atoms with E-state index >= 15 is 0 Å². The fraction of sp³-hybridized carbons (Fsp3) is 0.0714. The van der Waals surface area contributed by atoms with Crippen molar-refractivity contribution < 1.29 is 4.79 Å². The monoisotopic (exact) mass is 224 g/mol. The number of hydrogen-bond donors (Lipinski definition) is 2. The molecular formula is C14H12N2O. The van der Waals surface area contributed by atoms with Crippen molar-refractivity contribution in [2.24, 2.45) is 5.73 Å². The molecule has 0 aliphatic rings. The van der Waals surface area contributed by atoms with Gasteiger partial charge < -0.3 is 10.7 Å². The van der Waals surface area contributed by atoms with E-state index in [0.29, 0.717) is 0 Å². The van der Waals surface area contributed by atoms with E-state index in [1.165, 1.54) is 10.8 Å². The van der Waals surface area contributed by atoms with Gasteiger partial charge in [0.15, 0.2) is 0 Å². The van der Waals surface area contributed by atoms with Crippen molar-refractivity contribution in [3.63, 3.8) is 0 Å². The van der Waals surface area contributed by atoms with Crippen LogP contribution < -0.4 is 5.73 Å². The summed E-state index contributed by atoms with van der Waals surface area (Å²) in [7, 11) is 0. The number of carbonyl (C=O) groups is 1. The minimum Gasteiger partial charge on any atom is -0.369 e. The van der Waals surface area contributed by atoms with Crippen molar-refractivity contribution in [1.82, 2.24) is 4.98 Å². The van der Waals surface area contributed by atoms with Crippen LogP contribution in [-0.2, 0) is 11.2 Å². The standard InChI is InChI=1S/C14H12N2O/c15-13(17)7-10-8-16-14-11-4-2-1-3-9(11)5-6-12(10)14/h1-6,8,16H,7H2,(H2,15,17). The molecule has 0 fully saturated rings. The summed E-state index contributed by atoms with van der Waals surface area (Å²) in [4.78, 5) is 14.2. The van der Waals surface area contributed by atoms with Crippen molar-refractivity contribution in [3.05, 3.63) is 48.2 Å². The number of nitrogens with one attached hydrogen (secondary N) is 1. The topological polar surface area (TPSA) is 58.9 Å². The van der Waals surface area contributed by atoms with Gasteiger partial charge in [0.1, 0.15) is 0 Å². The molecule has 3 aromatic rings. The first-order chi connectivity index (χ1) is 8.25. The highest BCUT2D eigenvalue weighted by Crippen LogP contribution is 2.26. The van der Waals surface area contributed by atoms with Crippen LogP contribution in [0.5, 0.6) is 0 Å². The largest absolute Gasteiger partial charge is 0.369 e. The smallest absolute Gasteiger partial charge is 0.221 e. The van der Waals surface area contributed by atoms with Gasteiger partial charge in [-0.3, -0.25) is 4.79 Å². The molecule has 0 unspecified atom stereocenters. The van der Waals surface area contributed by atoms with Crippen LogP contribution >= 0.6 is 0 Å². The minimum atomic E-state index is -0.306. The van der Waals surface area contributed by atoms with E-state index in [4.69, 9.17) is 5.73 Å². The maximum absolute atomic E-state index is 11.0. The van der Waals surface area contributed by atoms with Gasteiger partial charge in [0.2, 0.25) is 5.91 Å². The van der Waals surface area contributed by atoms with Crippen molar-refractivity contribution in [3.8, 4) is 0 Å². The van der Waals surface area contributed by atoms with Crippen molar-refractivity contribution in [2.45, 2.75) is 6.42 Å². The van der Waals surface area contributed by atoms with Crippen LogP contribution in [-0.4, -0.2) is 10.9 Å². The van der Waals surface area contributed by atoms with E-state index in [9.17, 15) is 4.79 Å². The second-order valence-electron chi connectivity index (χ2n) is 4.17. The summed E-state index contributed by atoms with van der Waals surface area (Å²) >= 11 is 0. The first kappa shape index (κ1) is 9.90. The Bertz CT molecular complexity index is 712. The molecule has 0 saturated heterocycles. The lowest BCUT2D eigenvalue weighted by molar-refractivity contribution is -0.117. The molecule has 3 rings (SSSR count). The van der Waals surface area contributed by atoms with Crippen LogP contribution in [0.15, 0.2) is 42.6 Å². The van der Waals surface area contributed by atoms with E-state index in [1.54, 1.807) is 0 Å². The average molecular weight is 224 g/mol. The molecular weight excluding hydrogens is 212 g/mol. The van der Waals surface area contributed by atoms with E-state index in [2.05, 4.69) is 23.2 Å². The molecule has 1 aromatic heterocycles. The molecule has 3 nitrogen and oxygen atoms in total. The average Bonchev–Trinajstić information content (AvgIpc) is 2.72. The van der Waals surface area contributed by atoms with E-state index in [0.717, 1.165) is 16.5 Å². The molecule has 1 amide bonds. The number of carbonyl (C=O) groups excluding carboxylic acids is 1. The molecule has 0 radical (unpaired) electrons. The van der Waals surface area contributed by atoms with Gasteiger partial charge in [-0.2, -0.15) is 0 Å². The zero-order valence-electron chi connectivity index (χ0n) is 9.23. The predicted octanol–water partition coefficient (Wildman–Crippen LogP) is 2.35. The highest BCUT2D eigenvalue weighted by Gasteiger charge is 2.08. The Morgan fingerprint density at radius 2 is 1.94 bits per heavy atom. The second-order valence-corrected chi connectivity index (χ2v) is 4.17. The van der Waals surface area contributed by atoms with Crippen LogP contribution in [0.2, 0.25) is 0 Å². The molecule has 3 N–H and O–H groups in total. The second kappa shape index (κ2) is 3.63. The van der Waals surface area contributed by atoms with E-state index in [-0.39, 0.29) is 12.3 Å². The molecule has 17 heavy (non-hydrogen) atoms. The quantitative estimate of drug-likeness (QED) is 0.689. The Hall–Kier alpha value is -2.29. The molecule has 84 valence electrons. The van der Waals surface area contributed by atoms with Gasteiger partial charge in [-0.05, 0) is 10.9 Å². The number of aromatic amines is 1. The van der Waals surface area contributed by atoms with E-state index in [1.807, 2.05) is 24.4 Å². The summed E-state index contributed by atoms with van der Waals surface area (Å²) in [6.07, 6.45) is 2.14. The number of nitrogens with two attached hydrogens (primary N) is 1. The number of primary amides is 1. The summed E-state index contributed by atoms with van der Waals surface area (Å²) in [6, 6.07) is 12.3. The number of benzene rings is 2. The van der Waals surface area contributed by atoms with Gasteiger partial charge in [-0.25, -0.2) is 0 Å². The molecule has 0 bridgehead atoms. The molecule has 0 aliphatic carbocycles. The van der Waals surface area contributed by atoms with Crippen molar-refractivity contribution in [2.75, 3.05) is 0 Å². The SMILES string of the molecule is NC(=O)Cc1c[nH]c2c1ccc1ccccc12. The number of rotatable bonds is 2. The number of aromatic nitrogens is 1. The third-order valence-electron chi connectivity index (χ3n) is 3.03. The maximum Gasteiger partial charge on any atom is 0.221 e. The zero-order chi connectivity index (χ0) is 11.8. The zero-order valence-corrected chi connectivity index (χ0v) is 9.23. The van der Waals surface area contributed by atoms with Crippen LogP contribution in [0.1, 0.15) is 5.56 Å². The predicted molar refractivity (Wildman–Crippen MR) is 68.7 cm³/mol. The summed E-state index contributed by atoms with van der Waals surface area (Å²) < 4.78 is 0. The molecule has 0 saturated carbocycles. The lowest BCUT2D eigenvalue weighted by Crippen LogP contribution is -2.13. The molecule has 0 aliphatic heterocycles. The van der Waals surface area contributed by atoms with Crippen LogP contribution in [0, 0.1) is 0 Å². The third kappa shape index (κ3) is 1.56. The summed E-state index contributed by atoms with van der Waals surface area (Å²) in [5, 5.41) is 3.43. The Labute approximate surface area is 98.2 Å². The maximum atomic E-state index is 11.0. The fourth-order valence-corrected chi connectivity index (χ4v) is 2.27. The molecule has 1 heterocycles. The van der Waals surface area contributed by atoms with Gasteiger partial charge in [-0.15, -0.1) is 0 Å². The lowest BCUT2D eigenvalue weighted by atomic mass is 10.0. The van der Waals surface area contributed by atoms with Crippen LogP contribution in [0.25, 0.3) is 21.7 Å². The van der Waals surface area contributed by atoms with Gasteiger partial charge in [0, 0.05) is 17.0 Å². The van der Waals surface area contributed by atoms with Crippen molar-refractivity contribution >= 4 is 27.6 Å². The summed E-state index contributed by atoms with van der Waals surface area (Å²) in [6.45, 7) is 0. The van der Waals surface area contributed by atoms with Gasteiger partial charge in [0.05, 0.1) is 11.9 Å². The molecule has 0 spiro atoms. The summed E-state index contributed by atoms with van der Waals surface area (Å²) in [5.41, 5.74) is 7.26. The van der Waals surface area contributed by atoms with Crippen molar-refractivity contribution in [1.29, 1.82) is 0 Å². The number of fused-ring (bicyclic) bond motifs is 3. The number of H-pyrrole nitrogens is 1. The highest BCUT2D eigenvalue weighted by atomic mass is 16.1. The normalized spacial score (nSPS) is 11.1. The molecule has 0 atom stereocenters. The number of hydrogen-bond acceptors (Lipinski definition) is 1. The Balaban J connectivity index is 2.31. The first-order valence-electron chi connectivity index (χ1n) is 5.52. The third-order valence-corrected chi connectivity index (χ3v) is 3.03. The van der Waals surface area contributed by atoms with Crippen LogP contribution in [0.4, 0.5) is 0 Å². The van der Waals surface area contributed by atoms with E-state index < -0.39 is 0 Å². The highest BCUT2D eigenvalue weighted by molar-refractivity contribution is 6.07. The Morgan fingerprint density at radius 3 is 2.76 bits per heavy atom. The van der Waals surface area contributed by atoms with Crippen LogP contribution in [0.3, 0.4) is 0 Å². The lowest BCUT2D eigenvalue weighted by Gasteiger charge is -2.00. The van der Waals surface area contributed by atoms with Gasteiger partial charge in [0.25, 0.3) is 0 Å². The summed E-state index contributed by atoms with van der Waals surface area (Å²) in [5.74, 6) is -0.306. The fourth-order valence-electron chi connectivity index (χ4n) is 2.27. The first-order valence-corrected chi connectivity index (χ1v) is 5.52. The minimum absolute atomic E-state index is 0.276. The van der Waals surface area contributed by atoms with Gasteiger partial charge >= 0.3 is 0 Å². The van der Waals surface area contributed by atoms with Gasteiger partial charge in [-0.1, -0.05) is 36.4 Å². The molecule has 3 heteroatoms. The Kier molecular flexibility index (Phi) is 2.11. The molecule has 2 aromatic carbocycles. The number of amides is 1.